The zero-order chi connectivity index (χ0) is 11.0. The average molecular weight is 290 g/mol. The molecule has 15 heavy (non-hydrogen) atoms. The molecule has 0 aliphatic heterocycles. The minimum Gasteiger partial charge on any atom is -0.460 e. The van der Waals surface area contributed by atoms with E-state index in [1.54, 1.807) is 12.1 Å². The van der Waals surface area contributed by atoms with E-state index in [0.29, 0.717) is 27.1 Å². The zero-order valence-electron chi connectivity index (χ0n) is 7.37. The van der Waals surface area contributed by atoms with Crippen molar-refractivity contribution in [1.82, 2.24) is 0 Å². The van der Waals surface area contributed by atoms with Crippen LogP contribution in [0.25, 0.3) is 11.0 Å². The van der Waals surface area contributed by atoms with Crippen LogP contribution in [-0.2, 0) is 5.33 Å². The van der Waals surface area contributed by atoms with Crippen LogP contribution in [0, 0.1) is 10.1 Å². The van der Waals surface area contributed by atoms with E-state index >= 15 is 0 Å². The maximum absolute atomic E-state index is 10.8. The summed E-state index contributed by atoms with van der Waals surface area (Å²) >= 11 is 8.96. The first-order chi connectivity index (χ1) is 7.11. The Kier molecular flexibility index (Phi) is 2.67. The van der Waals surface area contributed by atoms with Crippen molar-refractivity contribution in [1.29, 1.82) is 0 Å². The van der Waals surface area contributed by atoms with Crippen LogP contribution < -0.4 is 0 Å². The summed E-state index contributed by atoms with van der Waals surface area (Å²) in [5, 5.41) is 12.0. The molecule has 4 nitrogen and oxygen atoms in total. The van der Waals surface area contributed by atoms with E-state index < -0.39 is 4.92 Å². The summed E-state index contributed by atoms with van der Waals surface area (Å²) in [4.78, 5) is 10.3. The van der Waals surface area contributed by atoms with Crippen molar-refractivity contribution in [3.63, 3.8) is 0 Å². The van der Waals surface area contributed by atoms with Gasteiger partial charge in [0.1, 0.15) is 11.3 Å². The minimum atomic E-state index is -0.470. The van der Waals surface area contributed by atoms with Crippen molar-refractivity contribution >= 4 is 44.2 Å². The number of alkyl halides is 1. The predicted octanol–water partition coefficient (Wildman–Crippen LogP) is 3.89. The molecular formula is C9H5BrClNO3. The number of hydrogen-bond acceptors (Lipinski definition) is 3. The molecule has 0 aliphatic rings. The molecule has 2 rings (SSSR count). The van der Waals surface area contributed by atoms with Gasteiger partial charge in [-0.25, -0.2) is 0 Å². The van der Waals surface area contributed by atoms with Crippen LogP contribution >= 0.6 is 27.5 Å². The third-order valence-corrected chi connectivity index (χ3v) is 2.73. The molecule has 0 saturated carbocycles. The summed E-state index contributed by atoms with van der Waals surface area (Å²) in [7, 11) is 0. The van der Waals surface area contributed by atoms with Crippen LogP contribution in [0.3, 0.4) is 0 Å². The Morgan fingerprint density at radius 3 is 2.80 bits per heavy atom. The first kappa shape index (κ1) is 10.4. The van der Waals surface area contributed by atoms with Crippen molar-refractivity contribution in [3.8, 4) is 0 Å². The smallest absolute Gasteiger partial charge is 0.281 e. The van der Waals surface area contributed by atoms with Crippen LogP contribution in [0.2, 0.25) is 5.02 Å². The minimum absolute atomic E-state index is 0.0338. The molecule has 0 fully saturated rings. The fourth-order valence-corrected chi connectivity index (χ4v) is 1.84. The molecule has 0 aliphatic carbocycles. The van der Waals surface area contributed by atoms with Gasteiger partial charge >= 0.3 is 0 Å². The Hall–Kier alpha value is -1.07. The van der Waals surface area contributed by atoms with E-state index in [9.17, 15) is 10.1 Å². The van der Waals surface area contributed by atoms with Gasteiger partial charge in [-0.3, -0.25) is 10.1 Å². The van der Waals surface area contributed by atoms with Crippen molar-refractivity contribution in [2.24, 2.45) is 0 Å². The Labute approximate surface area is 98.1 Å². The summed E-state index contributed by atoms with van der Waals surface area (Å²) in [5.74, 6) is 0.635. The quantitative estimate of drug-likeness (QED) is 0.479. The molecule has 0 N–H and O–H groups in total. The molecule has 6 heteroatoms. The molecule has 1 heterocycles. The number of nitrogens with zero attached hydrogens (tertiary/aromatic N) is 1. The predicted molar refractivity (Wildman–Crippen MR) is 60.5 cm³/mol. The van der Waals surface area contributed by atoms with E-state index in [1.165, 1.54) is 6.07 Å². The average Bonchev–Trinajstić information content (AvgIpc) is 2.58. The summed E-state index contributed by atoms with van der Waals surface area (Å²) < 4.78 is 5.35. The second kappa shape index (κ2) is 3.83. The molecule has 0 spiro atoms. The lowest BCUT2D eigenvalue weighted by atomic mass is 10.2. The molecular weight excluding hydrogens is 285 g/mol. The number of nitro benzene ring substituents is 1. The molecule has 0 atom stereocenters. The summed E-state index contributed by atoms with van der Waals surface area (Å²) in [5.41, 5.74) is 0.400. The highest BCUT2D eigenvalue weighted by atomic mass is 79.9. The third-order valence-electron chi connectivity index (χ3n) is 1.96. The number of hydrogen-bond donors (Lipinski definition) is 0. The normalized spacial score (nSPS) is 10.8. The number of non-ortho nitro benzene ring substituents is 1. The van der Waals surface area contributed by atoms with Crippen LogP contribution in [0.5, 0.6) is 0 Å². The summed E-state index contributed by atoms with van der Waals surface area (Å²) in [6.07, 6.45) is 0. The van der Waals surface area contributed by atoms with E-state index in [2.05, 4.69) is 15.9 Å². The molecule has 0 unspecified atom stereocenters. The number of halogens is 2. The van der Waals surface area contributed by atoms with E-state index in [-0.39, 0.29) is 5.69 Å². The maximum Gasteiger partial charge on any atom is 0.281 e. The summed E-state index contributed by atoms with van der Waals surface area (Å²) in [6.45, 7) is 0. The first-order valence-electron chi connectivity index (χ1n) is 4.04. The van der Waals surface area contributed by atoms with Gasteiger partial charge in [-0.2, -0.15) is 0 Å². The van der Waals surface area contributed by atoms with Crippen molar-refractivity contribution in [2.45, 2.75) is 5.33 Å². The van der Waals surface area contributed by atoms with Gasteiger partial charge < -0.3 is 4.42 Å². The Morgan fingerprint density at radius 2 is 2.20 bits per heavy atom. The summed E-state index contributed by atoms with van der Waals surface area (Å²) in [6, 6.07) is 4.52. The van der Waals surface area contributed by atoms with Gasteiger partial charge in [0.2, 0.25) is 0 Å². The molecule has 2 aromatic rings. The Bertz CT molecular complexity index is 537. The van der Waals surface area contributed by atoms with E-state index in [0.717, 1.165) is 0 Å². The van der Waals surface area contributed by atoms with Gasteiger partial charge in [-0.05, 0) is 6.07 Å². The number of rotatable bonds is 2. The molecule has 0 amide bonds. The number of nitro groups is 1. The lowest BCUT2D eigenvalue weighted by Gasteiger charge is -1.93. The van der Waals surface area contributed by atoms with Gasteiger partial charge in [0, 0.05) is 12.1 Å². The highest BCUT2D eigenvalue weighted by Crippen LogP contribution is 2.32. The second-order valence-corrected chi connectivity index (χ2v) is 3.94. The lowest BCUT2D eigenvalue weighted by Crippen LogP contribution is -1.87. The van der Waals surface area contributed by atoms with E-state index in [4.69, 9.17) is 16.0 Å². The SMILES string of the molecule is O=[N+]([O-])c1cc(Cl)cc2oc(CBr)cc12. The van der Waals surface area contributed by atoms with Crippen molar-refractivity contribution in [2.75, 3.05) is 0 Å². The largest absolute Gasteiger partial charge is 0.460 e. The van der Waals surface area contributed by atoms with E-state index in [1.807, 2.05) is 0 Å². The van der Waals surface area contributed by atoms with Gasteiger partial charge in [0.05, 0.1) is 20.7 Å². The highest BCUT2D eigenvalue weighted by Gasteiger charge is 2.17. The van der Waals surface area contributed by atoms with Gasteiger partial charge in [0.25, 0.3) is 5.69 Å². The zero-order valence-corrected chi connectivity index (χ0v) is 9.71. The Balaban J connectivity index is 2.77. The van der Waals surface area contributed by atoms with Gasteiger partial charge in [0.15, 0.2) is 0 Å². The third kappa shape index (κ3) is 1.85. The van der Waals surface area contributed by atoms with Gasteiger partial charge in [-0.1, -0.05) is 27.5 Å². The molecule has 1 aromatic carbocycles. The molecule has 0 saturated heterocycles. The topological polar surface area (TPSA) is 56.3 Å². The van der Waals surface area contributed by atoms with Crippen LogP contribution in [0.1, 0.15) is 5.76 Å². The molecule has 78 valence electrons. The fourth-order valence-electron chi connectivity index (χ4n) is 1.36. The first-order valence-corrected chi connectivity index (χ1v) is 5.54. The number of furan rings is 1. The second-order valence-electron chi connectivity index (χ2n) is 2.94. The highest BCUT2D eigenvalue weighted by molar-refractivity contribution is 9.08. The number of fused-ring (bicyclic) bond motifs is 1. The lowest BCUT2D eigenvalue weighted by molar-refractivity contribution is -0.383. The Morgan fingerprint density at radius 1 is 1.47 bits per heavy atom. The van der Waals surface area contributed by atoms with Crippen LogP contribution in [-0.4, -0.2) is 4.92 Å². The number of benzene rings is 1. The van der Waals surface area contributed by atoms with Crippen molar-refractivity contribution in [3.05, 3.63) is 39.1 Å². The fraction of sp³-hybridized carbons (Fsp3) is 0.111. The van der Waals surface area contributed by atoms with Gasteiger partial charge in [-0.15, -0.1) is 0 Å². The monoisotopic (exact) mass is 289 g/mol. The molecule has 0 bridgehead atoms. The standard InChI is InChI=1S/C9H5BrClNO3/c10-4-6-3-7-8(12(13)14)1-5(11)2-9(7)15-6/h1-3H,4H2. The molecule has 0 radical (unpaired) electrons. The van der Waals surface area contributed by atoms with Crippen LogP contribution in [0.15, 0.2) is 22.6 Å². The van der Waals surface area contributed by atoms with Crippen molar-refractivity contribution < 1.29 is 9.34 Å². The maximum atomic E-state index is 10.8. The molecule has 1 aromatic heterocycles. The van der Waals surface area contributed by atoms with Crippen LogP contribution in [0.4, 0.5) is 5.69 Å².